The number of nitrogens with one attached hydrogen (secondary N) is 1. The summed E-state index contributed by atoms with van der Waals surface area (Å²) in [5.74, 6) is 1.44. The molecule has 0 amide bonds. The van der Waals surface area contributed by atoms with Gasteiger partial charge in [-0.2, -0.15) is 5.10 Å². The fraction of sp³-hybridized carbons (Fsp3) is 0.0417. The van der Waals surface area contributed by atoms with Crippen molar-refractivity contribution in [2.24, 2.45) is 0 Å². The third kappa shape index (κ3) is 4.37. The van der Waals surface area contributed by atoms with E-state index >= 15 is 0 Å². The number of aromatic nitrogens is 4. The number of anilines is 2. The van der Waals surface area contributed by atoms with Gasteiger partial charge >= 0.3 is 0 Å². The zero-order chi connectivity index (χ0) is 21.9. The van der Waals surface area contributed by atoms with Crippen LogP contribution in [-0.4, -0.2) is 19.7 Å². The lowest BCUT2D eigenvalue weighted by Gasteiger charge is -2.09. The largest absolute Gasteiger partial charge is 0.489 e. The van der Waals surface area contributed by atoms with Crippen LogP contribution in [0.25, 0.3) is 16.7 Å². The minimum absolute atomic E-state index is 0.473. The minimum Gasteiger partial charge on any atom is -0.489 e. The number of rotatable bonds is 6. The van der Waals surface area contributed by atoms with Gasteiger partial charge in [-0.15, -0.1) is 0 Å². The average molecular weight is 462 g/mol. The van der Waals surface area contributed by atoms with E-state index in [1.165, 1.54) is 6.33 Å². The first-order valence-corrected chi connectivity index (χ1v) is 10.6. The standard InChI is InChI=1S/C24H17Cl2N5O/c25-17-3-1-16(2-4-17)14-32-21-11-7-19(8-12-21)30-23-22-13-29-31(24(22)28-15-27-23)20-9-5-18(26)6-10-20/h1-13,15H,14H2,(H,27,28,30). The third-order valence-corrected chi connectivity index (χ3v) is 5.38. The maximum atomic E-state index is 6.00. The fourth-order valence-electron chi connectivity index (χ4n) is 3.23. The second kappa shape index (κ2) is 8.86. The lowest BCUT2D eigenvalue weighted by molar-refractivity contribution is 0.306. The molecule has 0 atom stereocenters. The topological polar surface area (TPSA) is 64.9 Å². The summed E-state index contributed by atoms with van der Waals surface area (Å²) < 4.78 is 7.61. The van der Waals surface area contributed by atoms with E-state index in [4.69, 9.17) is 27.9 Å². The maximum absolute atomic E-state index is 6.00. The van der Waals surface area contributed by atoms with Crippen LogP contribution in [0.5, 0.6) is 5.75 Å². The summed E-state index contributed by atoms with van der Waals surface area (Å²) in [7, 11) is 0. The molecule has 6 nitrogen and oxygen atoms in total. The van der Waals surface area contributed by atoms with Crippen molar-refractivity contribution in [1.29, 1.82) is 0 Å². The molecule has 1 N–H and O–H groups in total. The molecule has 5 aromatic rings. The summed E-state index contributed by atoms with van der Waals surface area (Å²) in [6, 6.07) is 22.7. The average Bonchev–Trinajstić information content (AvgIpc) is 3.25. The van der Waals surface area contributed by atoms with Crippen LogP contribution in [0.2, 0.25) is 10.0 Å². The first kappa shape index (κ1) is 20.3. The van der Waals surface area contributed by atoms with Gasteiger partial charge in [0.25, 0.3) is 0 Å². The molecule has 0 saturated carbocycles. The van der Waals surface area contributed by atoms with Gasteiger partial charge in [0.15, 0.2) is 5.65 Å². The molecule has 0 aliphatic heterocycles. The van der Waals surface area contributed by atoms with Gasteiger partial charge in [0.05, 0.1) is 17.3 Å². The molecule has 0 fully saturated rings. The van der Waals surface area contributed by atoms with E-state index in [1.54, 1.807) is 10.9 Å². The van der Waals surface area contributed by atoms with Crippen LogP contribution in [0.15, 0.2) is 85.3 Å². The van der Waals surface area contributed by atoms with Crippen molar-refractivity contribution in [2.75, 3.05) is 5.32 Å². The molecule has 3 aromatic carbocycles. The highest BCUT2D eigenvalue weighted by Gasteiger charge is 2.11. The Morgan fingerprint density at radius 2 is 1.50 bits per heavy atom. The van der Waals surface area contributed by atoms with Gasteiger partial charge in [-0.1, -0.05) is 35.3 Å². The number of hydrogen-bond acceptors (Lipinski definition) is 5. The van der Waals surface area contributed by atoms with Crippen molar-refractivity contribution in [3.8, 4) is 11.4 Å². The molecule has 0 spiro atoms. The van der Waals surface area contributed by atoms with E-state index < -0.39 is 0 Å². The van der Waals surface area contributed by atoms with Gasteiger partial charge < -0.3 is 10.1 Å². The first-order chi connectivity index (χ1) is 15.7. The number of ether oxygens (including phenoxy) is 1. The Bertz CT molecular complexity index is 1350. The summed E-state index contributed by atoms with van der Waals surface area (Å²) >= 11 is 11.9. The van der Waals surface area contributed by atoms with Crippen LogP contribution < -0.4 is 10.1 Å². The summed E-state index contributed by atoms with van der Waals surface area (Å²) in [6.45, 7) is 0.473. The van der Waals surface area contributed by atoms with E-state index in [-0.39, 0.29) is 0 Å². The maximum Gasteiger partial charge on any atom is 0.168 e. The van der Waals surface area contributed by atoms with Gasteiger partial charge in [0.2, 0.25) is 0 Å². The SMILES string of the molecule is Clc1ccc(COc2ccc(Nc3ncnc4c3cnn4-c3ccc(Cl)cc3)cc2)cc1. The molecule has 0 aliphatic rings. The molecule has 32 heavy (non-hydrogen) atoms. The summed E-state index contributed by atoms with van der Waals surface area (Å²) in [5, 5.41) is 10.00. The highest BCUT2D eigenvalue weighted by Crippen LogP contribution is 2.26. The van der Waals surface area contributed by atoms with Crippen LogP contribution in [-0.2, 0) is 6.61 Å². The van der Waals surface area contributed by atoms with Crippen LogP contribution >= 0.6 is 23.2 Å². The van der Waals surface area contributed by atoms with Crippen molar-refractivity contribution in [3.05, 3.63) is 101 Å². The van der Waals surface area contributed by atoms with E-state index in [9.17, 15) is 0 Å². The summed E-state index contributed by atoms with van der Waals surface area (Å²) in [6.07, 6.45) is 3.26. The van der Waals surface area contributed by atoms with Crippen molar-refractivity contribution < 1.29 is 4.74 Å². The lowest BCUT2D eigenvalue weighted by Crippen LogP contribution is -1.99. The van der Waals surface area contributed by atoms with Crippen molar-refractivity contribution in [3.63, 3.8) is 0 Å². The first-order valence-electron chi connectivity index (χ1n) is 9.85. The number of nitrogens with zero attached hydrogens (tertiary/aromatic N) is 4. The van der Waals surface area contributed by atoms with E-state index in [0.29, 0.717) is 28.1 Å². The Morgan fingerprint density at radius 3 is 2.22 bits per heavy atom. The van der Waals surface area contributed by atoms with E-state index in [1.807, 2.05) is 72.8 Å². The molecule has 5 rings (SSSR count). The minimum atomic E-state index is 0.473. The molecule has 2 heterocycles. The van der Waals surface area contributed by atoms with Gasteiger partial charge in [0, 0.05) is 15.7 Å². The Balaban J connectivity index is 1.32. The van der Waals surface area contributed by atoms with Gasteiger partial charge in [0.1, 0.15) is 24.5 Å². The molecular weight excluding hydrogens is 445 g/mol. The van der Waals surface area contributed by atoms with Crippen LogP contribution in [0.4, 0.5) is 11.5 Å². The van der Waals surface area contributed by atoms with Crippen molar-refractivity contribution in [2.45, 2.75) is 6.61 Å². The summed E-state index contributed by atoms with van der Waals surface area (Å²) in [5.41, 5.74) is 3.50. The van der Waals surface area contributed by atoms with Crippen LogP contribution in [0.3, 0.4) is 0 Å². The Hall–Kier alpha value is -3.61. The van der Waals surface area contributed by atoms with E-state index in [2.05, 4.69) is 20.4 Å². The predicted molar refractivity (Wildman–Crippen MR) is 127 cm³/mol. The number of benzene rings is 3. The normalized spacial score (nSPS) is 10.9. The van der Waals surface area contributed by atoms with Crippen molar-refractivity contribution in [1.82, 2.24) is 19.7 Å². The smallest absolute Gasteiger partial charge is 0.168 e. The van der Waals surface area contributed by atoms with Gasteiger partial charge in [-0.25, -0.2) is 14.6 Å². The molecule has 8 heteroatoms. The molecule has 0 radical (unpaired) electrons. The van der Waals surface area contributed by atoms with Gasteiger partial charge in [-0.3, -0.25) is 0 Å². The van der Waals surface area contributed by atoms with Crippen LogP contribution in [0, 0.1) is 0 Å². The zero-order valence-electron chi connectivity index (χ0n) is 16.7. The molecular formula is C24H17Cl2N5O. The Labute approximate surface area is 194 Å². The monoisotopic (exact) mass is 461 g/mol. The highest BCUT2D eigenvalue weighted by atomic mass is 35.5. The quantitative estimate of drug-likeness (QED) is 0.314. The molecule has 2 aromatic heterocycles. The predicted octanol–water partition coefficient (Wildman–Crippen LogP) is 6.44. The molecule has 0 unspecified atom stereocenters. The Kier molecular flexibility index (Phi) is 5.62. The third-order valence-electron chi connectivity index (χ3n) is 4.87. The van der Waals surface area contributed by atoms with E-state index in [0.717, 1.165) is 28.1 Å². The lowest BCUT2D eigenvalue weighted by atomic mass is 10.2. The second-order valence-corrected chi connectivity index (χ2v) is 7.93. The van der Waals surface area contributed by atoms with Crippen LogP contribution in [0.1, 0.15) is 5.56 Å². The second-order valence-electron chi connectivity index (χ2n) is 7.06. The fourth-order valence-corrected chi connectivity index (χ4v) is 3.49. The number of hydrogen-bond donors (Lipinski definition) is 1. The highest BCUT2D eigenvalue weighted by molar-refractivity contribution is 6.30. The Morgan fingerprint density at radius 1 is 0.812 bits per heavy atom. The van der Waals surface area contributed by atoms with Crippen molar-refractivity contribution >= 4 is 45.7 Å². The summed E-state index contributed by atoms with van der Waals surface area (Å²) in [4.78, 5) is 8.79. The number of fused-ring (bicyclic) bond motifs is 1. The molecule has 0 aliphatic carbocycles. The van der Waals surface area contributed by atoms with Gasteiger partial charge in [-0.05, 0) is 66.2 Å². The zero-order valence-corrected chi connectivity index (χ0v) is 18.3. The molecule has 0 saturated heterocycles. The number of halogens is 2. The molecule has 0 bridgehead atoms. The molecule has 158 valence electrons.